The lowest BCUT2D eigenvalue weighted by Gasteiger charge is -2.12. The zero-order valence-electron chi connectivity index (χ0n) is 18.1. The number of nitrogens with zero attached hydrogens (tertiary/aromatic N) is 3. The third kappa shape index (κ3) is 3.34. The molecule has 0 spiro atoms. The number of ether oxygens (including phenoxy) is 1. The van der Waals surface area contributed by atoms with Crippen LogP contribution in [0, 0.1) is 5.41 Å². The van der Waals surface area contributed by atoms with Gasteiger partial charge in [0, 0.05) is 18.1 Å². The van der Waals surface area contributed by atoms with Crippen molar-refractivity contribution < 1.29 is 14.3 Å². The van der Waals surface area contributed by atoms with Crippen molar-refractivity contribution in [3.05, 3.63) is 67.9 Å². The lowest BCUT2D eigenvalue weighted by molar-refractivity contribution is 0.0601. The molecule has 1 amide bonds. The topological polar surface area (TPSA) is 119 Å². The molecule has 1 aliphatic rings. The molecule has 4 aromatic rings. The summed E-state index contributed by atoms with van der Waals surface area (Å²) in [7, 11) is 2.91. The first-order valence-corrected chi connectivity index (χ1v) is 11.3. The molecule has 0 aliphatic heterocycles. The summed E-state index contributed by atoms with van der Waals surface area (Å²) in [4.78, 5) is 44.4. The zero-order valence-corrected chi connectivity index (χ0v) is 18.9. The van der Waals surface area contributed by atoms with Gasteiger partial charge in [-0.2, -0.15) is 0 Å². The Bertz CT molecular complexity index is 1580. The number of amides is 1. The van der Waals surface area contributed by atoms with Gasteiger partial charge in [-0.05, 0) is 49.4 Å². The number of carbonyl (C=O) groups is 2. The highest BCUT2D eigenvalue weighted by Crippen LogP contribution is 2.38. The molecular formula is C23H21N5O4S. The number of methoxy groups -OCH3 is 1. The first-order chi connectivity index (χ1) is 15.9. The fourth-order valence-corrected chi connectivity index (χ4v) is 5.56. The molecule has 1 aliphatic carbocycles. The summed E-state index contributed by atoms with van der Waals surface area (Å²) in [5, 5.41) is 12.0. The van der Waals surface area contributed by atoms with Gasteiger partial charge >= 0.3 is 5.97 Å². The molecule has 0 saturated heterocycles. The molecule has 33 heavy (non-hydrogen) atoms. The fourth-order valence-electron chi connectivity index (χ4n) is 4.29. The molecule has 168 valence electrons. The van der Waals surface area contributed by atoms with Gasteiger partial charge in [0.05, 0.1) is 23.6 Å². The van der Waals surface area contributed by atoms with Crippen LogP contribution in [0.25, 0.3) is 16.7 Å². The van der Waals surface area contributed by atoms with Gasteiger partial charge < -0.3 is 14.6 Å². The number of hydrogen-bond donors (Lipinski definition) is 2. The summed E-state index contributed by atoms with van der Waals surface area (Å²) in [6.07, 6.45) is 5.23. The molecule has 0 bridgehead atoms. The third-order valence-corrected chi connectivity index (χ3v) is 7.19. The number of thiophene rings is 1. The number of nitrogens with one attached hydrogen (secondary N) is 2. The summed E-state index contributed by atoms with van der Waals surface area (Å²) in [5.74, 6) is -1.06. The van der Waals surface area contributed by atoms with Crippen LogP contribution in [0.1, 0.15) is 44.0 Å². The molecule has 0 saturated carbocycles. The molecular weight excluding hydrogens is 442 g/mol. The number of fused-ring (bicyclic) bond motifs is 3. The Labute approximate surface area is 191 Å². The molecule has 5 rings (SSSR count). The SMILES string of the molecule is COC(=O)c1c(NC(=O)c2cc3c(=O)n4ccccc4nc3n(C)c2=N)sc2c1CCCC2. The zero-order chi connectivity index (χ0) is 23.3. The molecule has 2 N–H and O–H groups in total. The summed E-state index contributed by atoms with van der Waals surface area (Å²) in [6, 6.07) is 6.60. The lowest BCUT2D eigenvalue weighted by Crippen LogP contribution is -2.30. The second kappa shape index (κ2) is 7.96. The van der Waals surface area contributed by atoms with Crippen molar-refractivity contribution in [2.24, 2.45) is 7.05 Å². The van der Waals surface area contributed by atoms with Crippen LogP contribution in [0.15, 0.2) is 35.3 Å². The van der Waals surface area contributed by atoms with Gasteiger partial charge in [-0.25, -0.2) is 9.78 Å². The summed E-state index contributed by atoms with van der Waals surface area (Å²) < 4.78 is 7.78. The highest BCUT2D eigenvalue weighted by molar-refractivity contribution is 7.17. The van der Waals surface area contributed by atoms with Gasteiger partial charge in [0.25, 0.3) is 11.5 Å². The maximum Gasteiger partial charge on any atom is 0.341 e. The number of carbonyl (C=O) groups excluding carboxylic acids is 2. The number of rotatable bonds is 3. The van der Waals surface area contributed by atoms with Crippen LogP contribution in [0.3, 0.4) is 0 Å². The second-order valence-electron chi connectivity index (χ2n) is 7.91. The van der Waals surface area contributed by atoms with E-state index in [2.05, 4.69) is 10.3 Å². The number of aryl methyl sites for hydroxylation is 2. The second-order valence-corrected chi connectivity index (χ2v) is 9.01. The molecule has 0 atom stereocenters. The van der Waals surface area contributed by atoms with Gasteiger partial charge in [-0.15, -0.1) is 11.3 Å². The van der Waals surface area contributed by atoms with Crippen LogP contribution < -0.4 is 16.4 Å². The minimum absolute atomic E-state index is 0.0157. The number of pyridine rings is 2. The number of anilines is 1. The van der Waals surface area contributed by atoms with Crippen molar-refractivity contribution in [3.8, 4) is 0 Å². The standard InChI is InChI=1S/C23H21N5O4S/c1-27-18(24)13(11-14-19(27)25-16-9-5-6-10-28(16)22(14)30)20(29)26-21-17(23(31)32-2)12-7-3-4-8-15(12)33-21/h5-6,9-11,24H,3-4,7-8H2,1-2H3,(H,26,29). The quantitative estimate of drug-likeness (QED) is 0.358. The van der Waals surface area contributed by atoms with E-state index in [9.17, 15) is 14.4 Å². The minimum atomic E-state index is -0.571. The maximum atomic E-state index is 13.3. The largest absolute Gasteiger partial charge is 0.465 e. The predicted molar refractivity (Wildman–Crippen MR) is 124 cm³/mol. The van der Waals surface area contributed by atoms with Gasteiger partial charge in [0.2, 0.25) is 0 Å². The molecule has 0 aromatic carbocycles. The van der Waals surface area contributed by atoms with Crippen LogP contribution >= 0.6 is 11.3 Å². The lowest BCUT2D eigenvalue weighted by atomic mass is 9.95. The van der Waals surface area contributed by atoms with Crippen LogP contribution in [-0.4, -0.2) is 32.9 Å². The van der Waals surface area contributed by atoms with E-state index in [1.54, 1.807) is 31.4 Å². The Kier molecular flexibility index (Phi) is 5.09. The molecule has 0 unspecified atom stereocenters. The van der Waals surface area contributed by atoms with Crippen LogP contribution in [0.2, 0.25) is 0 Å². The number of hydrogen-bond acceptors (Lipinski definition) is 7. The monoisotopic (exact) mass is 463 g/mol. The van der Waals surface area contributed by atoms with Gasteiger partial charge in [-0.3, -0.25) is 19.4 Å². The van der Waals surface area contributed by atoms with E-state index in [4.69, 9.17) is 10.1 Å². The highest BCUT2D eigenvalue weighted by atomic mass is 32.1. The molecule has 0 radical (unpaired) electrons. The molecule has 0 fully saturated rings. The average Bonchev–Trinajstić information content (AvgIpc) is 3.19. The minimum Gasteiger partial charge on any atom is -0.465 e. The number of esters is 1. The van der Waals surface area contributed by atoms with E-state index in [0.29, 0.717) is 21.9 Å². The van der Waals surface area contributed by atoms with Gasteiger partial charge in [-0.1, -0.05) is 6.07 Å². The van der Waals surface area contributed by atoms with Crippen molar-refractivity contribution >= 4 is 44.9 Å². The average molecular weight is 464 g/mol. The van der Waals surface area contributed by atoms with E-state index in [1.807, 2.05) is 0 Å². The summed E-state index contributed by atoms with van der Waals surface area (Å²) in [6.45, 7) is 0. The normalized spacial score (nSPS) is 13.2. The van der Waals surface area contributed by atoms with Crippen molar-refractivity contribution in [2.45, 2.75) is 25.7 Å². The molecule has 10 heteroatoms. The maximum absolute atomic E-state index is 13.3. The molecule has 9 nitrogen and oxygen atoms in total. The summed E-state index contributed by atoms with van der Waals surface area (Å²) in [5.41, 5.74) is 1.67. The Hall–Kier alpha value is -3.79. The highest BCUT2D eigenvalue weighted by Gasteiger charge is 2.27. The van der Waals surface area contributed by atoms with Gasteiger partial charge in [0.15, 0.2) is 0 Å². The van der Waals surface area contributed by atoms with E-state index >= 15 is 0 Å². The van der Waals surface area contributed by atoms with E-state index in [1.165, 1.54) is 33.5 Å². The van der Waals surface area contributed by atoms with Crippen LogP contribution in [0.5, 0.6) is 0 Å². The van der Waals surface area contributed by atoms with Crippen LogP contribution in [0.4, 0.5) is 5.00 Å². The van der Waals surface area contributed by atoms with E-state index < -0.39 is 11.9 Å². The Morgan fingerprint density at radius 1 is 1.24 bits per heavy atom. The smallest absolute Gasteiger partial charge is 0.341 e. The predicted octanol–water partition coefficient (Wildman–Crippen LogP) is 2.64. The van der Waals surface area contributed by atoms with Crippen molar-refractivity contribution in [1.29, 1.82) is 5.41 Å². The first-order valence-electron chi connectivity index (χ1n) is 10.5. The number of aromatic nitrogens is 3. The Morgan fingerprint density at radius 3 is 2.82 bits per heavy atom. The van der Waals surface area contributed by atoms with Crippen molar-refractivity contribution in [2.75, 3.05) is 12.4 Å². The van der Waals surface area contributed by atoms with Crippen LogP contribution in [-0.2, 0) is 24.6 Å². The third-order valence-electron chi connectivity index (χ3n) is 5.98. The Balaban J connectivity index is 1.63. The van der Waals surface area contributed by atoms with E-state index in [-0.39, 0.29) is 22.0 Å². The Morgan fingerprint density at radius 2 is 2.03 bits per heavy atom. The molecule has 4 heterocycles. The summed E-state index contributed by atoms with van der Waals surface area (Å²) >= 11 is 1.37. The van der Waals surface area contributed by atoms with E-state index in [0.717, 1.165) is 36.1 Å². The van der Waals surface area contributed by atoms with Gasteiger partial charge in [0.1, 0.15) is 21.8 Å². The molecule has 4 aromatic heterocycles. The van der Waals surface area contributed by atoms with Crippen molar-refractivity contribution in [1.82, 2.24) is 14.0 Å². The van der Waals surface area contributed by atoms with Crippen molar-refractivity contribution in [3.63, 3.8) is 0 Å². The first kappa shape index (κ1) is 21.1. The fraction of sp³-hybridized carbons (Fsp3) is 0.261.